The van der Waals surface area contributed by atoms with Gasteiger partial charge in [0.05, 0.1) is 4.92 Å². The van der Waals surface area contributed by atoms with Gasteiger partial charge in [0.15, 0.2) is 0 Å². The number of anilines is 1. The van der Waals surface area contributed by atoms with Crippen LogP contribution in [-0.2, 0) is 4.79 Å². The van der Waals surface area contributed by atoms with Crippen molar-refractivity contribution in [2.75, 3.05) is 5.32 Å². The molecule has 116 valence electrons. The molecule has 2 rings (SSSR count). The summed E-state index contributed by atoms with van der Waals surface area (Å²) >= 11 is 1.41. The van der Waals surface area contributed by atoms with Crippen LogP contribution in [0.1, 0.15) is 16.0 Å². The Morgan fingerprint density at radius 1 is 1.39 bits per heavy atom. The van der Waals surface area contributed by atoms with Gasteiger partial charge in [0, 0.05) is 10.9 Å². The van der Waals surface area contributed by atoms with Gasteiger partial charge in [0.1, 0.15) is 17.3 Å². The monoisotopic (exact) mass is 327 g/mol. The number of amides is 1. The van der Waals surface area contributed by atoms with Crippen LogP contribution < -0.4 is 5.32 Å². The van der Waals surface area contributed by atoms with Crippen molar-refractivity contribution in [1.29, 1.82) is 5.26 Å². The smallest absolute Gasteiger partial charge is 0.293 e. The number of nitriles is 1. The van der Waals surface area contributed by atoms with Gasteiger partial charge in [-0.2, -0.15) is 5.26 Å². The highest BCUT2D eigenvalue weighted by atomic mass is 32.1. The molecule has 0 fully saturated rings. The highest BCUT2D eigenvalue weighted by Gasteiger charge is 2.18. The second kappa shape index (κ2) is 6.85. The lowest BCUT2D eigenvalue weighted by molar-refractivity contribution is -0.384. The van der Waals surface area contributed by atoms with Gasteiger partial charge < -0.3 is 5.32 Å². The number of benzene rings is 1. The van der Waals surface area contributed by atoms with Crippen molar-refractivity contribution in [3.8, 4) is 6.07 Å². The van der Waals surface area contributed by atoms with Gasteiger partial charge in [-0.1, -0.05) is 6.07 Å². The molecule has 0 saturated carbocycles. The molecule has 0 saturated heterocycles. The quantitative estimate of drug-likeness (QED) is 0.399. The van der Waals surface area contributed by atoms with E-state index in [0.717, 1.165) is 10.4 Å². The molecule has 0 aliphatic heterocycles. The maximum atomic E-state index is 12.2. The fourth-order valence-corrected chi connectivity index (χ4v) is 2.76. The fraction of sp³-hybridized carbons (Fsp3) is 0.125. The Morgan fingerprint density at radius 2 is 2.13 bits per heavy atom. The molecule has 23 heavy (non-hydrogen) atoms. The van der Waals surface area contributed by atoms with E-state index >= 15 is 0 Å². The van der Waals surface area contributed by atoms with Gasteiger partial charge in [0.2, 0.25) is 0 Å². The molecular weight excluding hydrogens is 314 g/mol. The van der Waals surface area contributed by atoms with Gasteiger partial charge in [-0.15, -0.1) is 11.3 Å². The molecular formula is C16H13N3O3S. The zero-order valence-corrected chi connectivity index (χ0v) is 13.3. The number of hydrogen-bond donors (Lipinski definition) is 1. The first-order chi connectivity index (χ1) is 10.9. The number of nitrogens with zero attached hydrogens (tertiary/aromatic N) is 2. The highest BCUT2D eigenvalue weighted by Crippen LogP contribution is 2.26. The molecule has 0 radical (unpaired) electrons. The summed E-state index contributed by atoms with van der Waals surface area (Å²) in [5, 5.41) is 24.5. The Hall–Kier alpha value is -2.98. The molecule has 7 heteroatoms. The van der Waals surface area contributed by atoms with Crippen LogP contribution in [0.2, 0.25) is 0 Å². The van der Waals surface area contributed by atoms with E-state index < -0.39 is 10.8 Å². The van der Waals surface area contributed by atoms with Crippen molar-refractivity contribution < 1.29 is 9.72 Å². The number of carbonyl (C=O) groups is 1. The Balaban J connectivity index is 2.31. The summed E-state index contributed by atoms with van der Waals surface area (Å²) in [6, 6.07) is 8.20. The van der Waals surface area contributed by atoms with Crippen LogP contribution in [0.5, 0.6) is 0 Å². The summed E-state index contributed by atoms with van der Waals surface area (Å²) in [6.07, 6.45) is 1.48. The Morgan fingerprint density at radius 3 is 2.70 bits per heavy atom. The number of hydrogen-bond acceptors (Lipinski definition) is 5. The standard InChI is InChI=1S/C16H13N3O3S/c1-10-3-4-13(14(7-10)19(21)22)18-16(20)12(9-17)8-15-11(2)5-6-23-15/h3-8H,1-2H3,(H,18,20)/b12-8+. The maximum absolute atomic E-state index is 12.2. The summed E-state index contributed by atoms with van der Waals surface area (Å²) in [4.78, 5) is 23.5. The third-order valence-electron chi connectivity index (χ3n) is 3.14. The van der Waals surface area contributed by atoms with Gasteiger partial charge >= 0.3 is 0 Å². The average Bonchev–Trinajstić information content (AvgIpc) is 2.91. The minimum atomic E-state index is -0.674. The number of nitro groups is 1. The normalized spacial score (nSPS) is 10.9. The largest absolute Gasteiger partial charge is 0.316 e. The Kier molecular flexibility index (Phi) is 4.88. The van der Waals surface area contributed by atoms with E-state index in [1.54, 1.807) is 13.0 Å². The molecule has 1 aromatic heterocycles. The molecule has 1 aromatic carbocycles. The average molecular weight is 327 g/mol. The number of carbonyl (C=O) groups excluding carboxylic acids is 1. The van der Waals surface area contributed by atoms with Crippen LogP contribution in [0, 0.1) is 35.3 Å². The third kappa shape index (κ3) is 3.81. The summed E-state index contributed by atoms with van der Waals surface area (Å²) in [5.74, 6) is -0.674. The number of thiophene rings is 1. The van der Waals surface area contributed by atoms with E-state index in [2.05, 4.69) is 5.32 Å². The number of rotatable bonds is 4. The summed E-state index contributed by atoms with van der Waals surface area (Å²) in [6.45, 7) is 3.60. The molecule has 2 aromatic rings. The lowest BCUT2D eigenvalue weighted by atomic mass is 10.1. The van der Waals surface area contributed by atoms with Gasteiger partial charge in [-0.3, -0.25) is 14.9 Å². The van der Waals surface area contributed by atoms with Crippen LogP contribution in [0.3, 0.4) is 0 Å². The molecule has 1 N–H and O–H groups in total. The lowest BCUT2D eigenvalue weighted by Gasteiger charge is -2.06. The van der Waals surface area contributed by atoms with Crippen LogP contribution in [0.15, 0.2) is 35.2 Å². The number of aryl methyl sites for hydroxylation is 2. The van der Waals surface area contributed by atoms with Crippen LogP contribution in [0.4, 0.5) is 11.4 Å². The molecule has 0 aliphatic rings. The molecule has 1 amide bonds. The third-order valence-corrected chi connectivity index (χ3v) is 4.11. The molecule has 0 unspecified atom stereocenters. The van der Waals surface area contributed by atoms with Gasteiger partial charge in [-0.05, 0) is 48.6 Å². The van der Waals surface area contributed by atoms with Crippen molar-refractivity contribution >= 4 is 34.7 Å². The molecule has 6 nitrogen and oxygen atoms in total. The van der Waals surface area contributed by atoms with Gasteiger partial charge in [-0.25, -0.2) is 0 Å². The highest BCUT2D eigenvalue weighted by molar-refractivity contribution is 7.11. The van der Waals surface area contributed by atoms with Crippen LogP contribution >= 0.6 is 11.3 Å². The molecule has 0 atom stereocenters. The SMILES string of the molecule is Cc1ccc(NC(=O)/C(C#N)=C/c2sccc2C)c([N+](=O)[O-])c1. The number of nitrogens with one attached hydrogen (secondary N) is 1. The van der Waals surface area contributed by atoms with E-state index in [4.69, 9.17) is 0 Å². The minimum Gasteiger partial charge on any atom is -0.316 e. The van der Waals surface area contributed by atoms with Crippen LogP contribution in [0.25, 0.3) is 6.08 Å². The minimum absolute atomic E-state index is 0.0645. The Labute approximate surface area is 136 Å². The zero-order chi connectivity index (χ0) is 17.0. The first kappa shape index (κ1) is 16.4. The molecule has 0 spiro atoms. The zero-order valence-electron chi connectivity index (χ0n) is 12.5. The first-order valence-corrected chi connectivity index (χ1v) is 7.52. The van der Waals surface area contributed by atoms with Crippen molar-refractivity contribution in [2.24, 2.45) is 0 Å². The van der Waals surface area contributed by atoms with E-state index in [0.29, 0.717) is 5.56 Å². The predicted molar refractivity (Wildman–Crippen MR) is 89.1 cm³/mol. The second-order valence-electron chi connectivity index (χ2n) is 4.87. The van der Waals surface area contributed by atoms with Crippen molar-refractivity contribution in [3.63, 3.8) is 0 Å². The summed E-state index contributed by atoms with van der Waals surface area (Å²) < 4.78 is 0. The van der Waals surface area contributed by atoms with Crippen molar-refractivity contribution in [1.82, 2.24) is 0 Å². The van der Waals surface area contributed by atoms with E-state index in [-0.39, 0.29) is 16.9 Å². The maximum Gasteiger partial charge on any atom is 0.293 e. The summed E-state index contributed by atoms with van der Waals surface area (Å²) in [7, 11) is 0. The second-order valence-corrected chi connectivity index (χ2v) is 5.82. The van der Waals surface area contributed by atoms with E-state index in [9.17, 15) is 20.2 Å². The molecule has 0 aliphatic carbocycles. The molecule has 1 heterocycles. The summed E-state index contributed by atoms with van der Waals surface area (Å²) in [5.41, 5.74) is 1.42. The van der Waals surface area contributed by atoms with E-state index in [1.807, 2.05) is 24.4 Å². The molecule has 0 bridgehead atoms. The van der Waals surface area contributed by atoms with E-state index in [1.165, 1.54) is 29.5 Å². The van der Waals surface area contributed by atoms with Crippen molar-refractivity contribution in [3.05, 3.63) is 61.3 Å². The van der Waals surface area contributed by atoms with Gasteiger partial charge in [0.25, 0.3) is 11.6 Å². The Bertz CT molecular complexity index is 846. The van der Waals surface area contributed by atoms with Crippen molar-refractivity contribution in [2.45, 2.75) is 13.8 Å². The first-order valence-electron chi connectivity index (χ1n) is 6.64. The lowest BCUT2D eigenvalue weighted by Crippen LogP contribution is -2.14. The van der Waals surface area contributed by atoms with Crippen LogP contribution in [-0.4, -0.2) is 10.8 Å². The topological polar surface area (TPSA) is 96.0 Å². The predicted octanol–water partition coefficient (Wildman–Crippen LogP) is 3.82. The fourth-order valence-electron chi connectivity index (χ4n) is 1.90. The number of nitro benzene ring substituents is 1.